The quantitative estimate of drug-likeness (QED) is 0.798. The highest BCUT2D eigenvalue weighted by molar-refractivity contribution is 6.30. The van der Waals surface area contributed by atoms with Gasteiger partial charge in [-0.2, -0.15) is 5.26 Å². The number of halogens is 1. The number of aromatic nitrogens is 1. The summed E-state index contributed by atoms with van der Waals surface area (Å²) in [7, 11) is 0. The van der Waals surface area contributed by atoms with Gasteiger partial charge in [-0.1, -0.05) is 11.6 Å². The number of ketones is 1. The van der Waals surface area contributed by atoms with Crippen LogP contribution in [0.2, 0.25) is 5.02 Å². The Bertz CT molecular complexity index is 932. The monoisotopic (exact) mass is 383 g/mol. The molecule has 1 aliphatic carbocycles. The highest BCUT2D eigenvalue weighted by Crippen LogP contribution is 2.31. The Morgan fingerprint density at radius 2 is 2.04 bits per heavy atom. The summed E-state index contributed by atoms with van der Waals surface area (Å²) in [5, 5.41) is 22.2. The van der Waals surface area contributed by atoms with Crippen LogP contribution in [-0.2, 0) is 17.6 Å². The average molecular weight is 384 g/mol. The number of aromatic hydroxyl groups is 1. The molecule has 138 valence electrons. The summed E-state index contributed by atoms with van der Waals surface area (Å²) < 4.78 is 0. The standard InChI is InChI=1S/C20H18ClN3O3/c21-15-2-3-18(26)14(10-15)11-16(25)8-13-4-7-23-17(9-13)19(27)24-20(12-22)5-1-6-20/h2-4,7,9-10,26H,1,5-6,8,11H2,(H,24,27). The van der Waals surface area contributed by atoms with Gasteiger partial charge in [0, 0.05) is 29.6 Å². The molecule has 2 aromatic rings. The Kier molecular flexibility index (Phi) is 5.43. The van der Waals surface area contributed by atoms with E-state index < -0.39 is 11.4 Å². The fourth-order valence-corrected chi connectivity index (χ4v) is 3.18. The number of phenols is 1. The molecule has 1 aromatic heterocycles. The van der Waals surface area contributed by atoms with Gasteiger partial charge >= 0.3 is 0 Å². The number of hydrogen-bond donors (Lipinski definition) is 2. The minimum Gasteiger partial charge on any atom is -0.508 e. The lowest BCUT2D eigenvalue weighted by atomic mass is 9.78. The van der Waals surface area contributed by atoms with Crippen LogP contribution in [0.4, 0.5) is 0 Å². The van der Waals surface area contributed by atoms with Crippen molar-refractivity contribution in [2.24, 2.45) is 0 Å². The van der Waals surface area contributed by atoms with Crippen molar-refractivity contribution >= 4 is 23.3 Å². The molecule has 1 heterocycles. The molecule has 0 atom stereocenters. The number of nitrogens with one attached hydrogen (secondary N) is 1. The summed E-state index contributed by atoms with van der Waals surface area (Å²) >= 11 is 5.90. The molecule has 0 radical (unpaired) electrons. The van der Waals surface area contributed by atoms with E-state index in [1.807, 2.05) is 0 Å². The predicted molar refractivity (Wildman–Crippen MR) is 99.4 cm³/mol. The second-order valence-electron chi connectivity index (χ2n) is 6.72. The van der Waals surface area contributed by atoms with Gasteiger partial charge in [-0.05, 0) is 55.2 Å². The number of nitriles is 1. The van der Waals surface area contributed by atoms with Crippen LogP contribution in [0.25, 0.3) is 0 Å². The van der Waals surface area contributed by atoms with E-state index in [1.54, 1.807) is 24.3 Å². The molecule has 27 heavy (non-hydrogen) atoms. The number of hydrogen-bond acceptors (Lipinski definition) is 5. The first-order chi connectivity index (χ1) is 12.9. The molecule has 1 saturated carbocycles. The number of phenolic OH excluding ortho intramolecular Hbond substituents is 1. The van der Waals surface area contributed by atoms with Crippen LogP contribution < -0.4 is 5.32 Å². The minimum absolute atomic E-state index is 0.0184. The SMILES string of the molecule is N#CC1(NC(=O)c2cc(CC(=O)Cc3cc(Cl)ccc3O)ccn2)CCC1. The van der Waals surface area contributed by atoms with E-state index in [0.717, 1.165) is 6.42 Å². The first-order valence-electron chi connectivity index (χ1n) is 8.58. The third-order valence-electron chi connectivity index (χ3n) is 4.66. The summed E-state index contributed by atoms with van der Waals surface area (Å²) in [4.78, 5) is 28.7. The van der Waals surface area contributed by atoms with Crippen LogP contribution in [0.5, 0.6) is 5.75 Å². The molecule has 0 saturated heterocycles. The maximum absolute atomic E-state index is 12.4. The summed E-state index contributed by atoms with van der Waals surface area (Å²) in [5.41, 5.74) is 0.475. The largest absolute Gasteiger partial charge is 0.508 e. The number of rotatable bonds is 6. The van der Waals surface area contributed by atoms with E-state index in [-0.39, 0.29) is 30.1 Å². The normalized spacial score (nSPS) is 14.7. The van der Waals surface area contributed by atoms with Crippen LogP contribution in [0.1, 0.15) is 40.9 Å². The number of carbonyl (C=O) groups is 2. The highest BCUT2D eigenvalue weighted by Gasteiger charge is 2.39. The zero-order valence-corrected chi connectivity index (χ0v) is 15.3. The van der Waals surface area contributed by atoms with E-state index >= 15 is 0 Å². The Morgan fingerprint density at radius 3 is 2.70 bits per heavy atom. The van der Waals surface area contributed by atoms with Crippen LogP contribution in [0.15, 0.2) is 36.5 Å². The maximum Gasteiger partial charge on any atom is 0.271 e. The molecule has 0 unspecified atom stereocenters. The number of pyridine rings is 1. The smallest absolute Gasteiger partial charge is 0.271 e. The lowest BCUT2D eigenvalue weighted by molar-refractivity contribution is -0.117. The Labute approximate surface area is 161 Å². The average Bonchev–Trinajstić information content (AvgIpc) is 2.61. The molecule has 3 rings (SSSR count). The molecule has 7 heteroatoms. The van der Waals surface area contributed by atoms with Crippen molar-refractivity contribution in [3.05, 3.63) is 58.4 Å². The molecular weight excluding hydrogens is 366 g/mol. The van der Waals surface area contributed by atoms with Gasteiger partial charge in [0.25, 0.3) is 5.91 Å². The molecule has 0 aliphatic heterocycles. The third kappa shape index (κ3) is 4.44. The summed E-state index contributed by atoms with van der Waals surface area (Å²) in [6, 6.07) is 9.92. The Morgan fingerprint density at radius 1 is 1.26 bits per heavy atom. The fraction of sp³-hybridized carbons (Fsp3) is 0.300. The molecule has 1 aromatic carbocycles. The van der Waals surface area contributed by atoms with Gasteiger partial charge < -0.3 is 10.4 Å². The zero-order valence-electron chi connectivity index (χ0n) is 14.5. The van der Waals surface area contributed by atoms with E-state index in [0.29, 0.717) is 29.0 Å². The first kappa shape index (κ1) is 18.9. The lowest BCUT2D eigenvalue weighted by Crippen LogP contribution is -2.52. The van der Waals surface area contributed by atoms with Gasteiger partial charge in [-0.15, -0.1) is 0 Å². The van der Waals surface area contributed by atoms with Crippen molar-refractivity contribution in [2.45, 2.75) is 37.6 Å². The predicted octanol–water partition coefficient (Wildman–Crippen LogP) is 2.97. The Hall–Kier alpha value is -2.91. The summed E-state index contributed by atoms with van der Waals surface area (Å²) in [5.74, 6) is -0.527. The van der Waals surface area contributed by atoms with Crippen LogP contribution >= 0.6 is 11.6 Å². The topological polar surface area (TPSA) is 103 Å². The summed E-state index contributed by atoms with van der Waals surface area (Å²) in [6.07, 6.45) is 3.78. The van der Waals surface area contributed by atoms with Gasteiger partial charge in [0.05, 0.1) is 6.07 Å². The lowest BCUT2D eigenvalue weighted by Gasteiger charge is -2.35. The number of Topliss-reactive ketones (excluding diaryl/α,β-unsaturated/α-hetero) is 1. The maximum atomic E-state index is 12.4. The molecule has 0 spiro atoms. The Balaban J connectivity index is 1.66. The summed E-state index contributed by atoms with van der Waals surface area (Å²) in [6.45, 7) is 0. The van der Waals surface area contributed by atoms with Gasteiger partial charge in [0.2, 0.25) is 0 Å². The third-order valence-corrected chi connectivity index (χ3v) is 4.90. The second kappa shape index (κ2) is 7.77. The molecule has 0 bridgehead atoms. The molecule has 1 aliphatic rings. The van der Waals surface area contributed by atoms with Gasteiger partial charge in [0.15, 0.2) is 0 Å². The highest BCUT2D eigenvalue weighted by atomic mass is 35.5. The molecule has 1 fully saturated rings. The van der Waals surface area contributed by atoms with Crippen molar-refractivity contribution in [1.29, 1.82) is 5.26 Å². The number of benzene rings is 1. The minimum atomic E-state index is -0.797. The van der Waals surface area contributed by atoms with Crippen molar-refractivity contribution < 1.29 is 14.7 Å². The van der Waals surface area contributed by atoms with Gasteiger partial charge in [0.1, 0.15) is 22.8 Å². The van der Waals surface area contributed by atoms with Crippen molar-refractivity contribution in [1.82, 2.24) is 10.3 Å². The number of amides is 1. The zero-order chi connectivity index (χ0) is 19.4. The van der Waals surface area contributed by atoms with Gasteiger partial charge in [-0.25, -0.2) is 0 Å². The van der Waals surface area contributed by atoms with E-state index in [1.165, 1.54) is 12.3 Å². The van der Waals surface area contributed by atoms with E-state index in [9.17, 15) is 20.0 Å². The van der Waals surface area contributed by atoms with Crippen molar-refractivity contribution in [3.63, 3.8) is 0 Å². The molecule has 1 amide bonds. The fourth-order valence-electron chi connectivity index (χ4n) is 2.98. The van der Waals surface area contributed by atoms with Crippen molar-refractivity contribution in [3.8, 4) is 11.8 Å². The molecular formula is C20H18ClN3O3. The molecule has 6 nitrogen and oxygen atoms in total. The van der Waals surface area contributed by atoms with E-state index in [2.05, 4.69) is 16.4 Å². The van der Waals surface area contributed by atoms with Crippen LogP contribution in [0, 0.1) is 11.3 Å². The first-order valence-corrected chi connectivity index (χ1v) is 8.96. The number of carbonyl (C=O) groups excluding carboxylic acids is 2. The van der Waals surface area contributed by atoms with Crippen molar-refractivity contribution in [2.75, 3.05) is 0 Å². The van der Waals surface area contributed by atoms with Crippen LogP contribution in [0.3, 0.4) is 0 Å². The van der Waals surface area contributed by atoms with Crippen LogP contribution in [-0.4, -0.2) is 27.3 Å². The van der Waals surface area contributed by atoms with Gasteiger partial charge in [-0.3, -0.25) is 14.6 Å². The van der Waals surface area contributed by atoms with E-state index in [4.69, 9.17) is 11.6 Å². The second-order valence-corrected chi connectivity index (χ2v) is 7.15. The molecule has 2 N–H and O–H groups in total. The number of nitrogens with zero attached hydrogens (tertiary/aromatic N) is 2.